The Morgan fingerprint density at radius 1 is 1.00 bits per heavy atom. The predicted octanol–water partition coefficient (Wildman–Crippen LogP) is 4.83. The molecule has 0 saturated carbocycles. The van der Waals surface area contributed by atoms with Gasteiger partial charge in [0.1, 0.15) is 11.6 Å². The van der Waals surface area contributed by atoms with Crippen LogP contribution in [0.3, 0.4) is 0 Å². The van der Waals surface area contributed by atoms with Crippen LogP contribution in [0.25, 0.3) is 0 Å². The summed E-state index contributed by atoms with van der Waals surface area (Å²) in [5.41, 5.74) is 2.68. The molecule has 24 heavy (non-hydrogen) atoms. The number of benzene rings is 2. The molecule has 122 valence electrons. The van der Waals surface area contributed by atoms with Crippen LogP contribution in [0, 0.1) is 12.7 Å². The minimum atomic E-state index is -0.263. The summed E-state index contributed by atoms with van der Waals surface area (Å²) in [6, 6.07) is 18.1. The fourth-order valence-electron chi connectivity index (χ4n) is 2.47. The molecule has 0 aliphatic carbocycles. The van der Waals surface area contributed by atoms with Crippen LogP contribution in [-0.2, 0) is 0 Å². The van der Waals surface area contributed by atoms with Crippen LogP contribution < -0.4 is 10.2 Å². The quantitative estimate of drug-likeness (QED) is 0.731. The first-order valence-corrected chi connectivity index (χ1v) is 7.86. The maximum atomic E-state index is 13.0. The molecule has 0 aliphatic heterocycles. The molecular weight excluding hydrogens is 303 g/mol. The molecule has 1 aromatic heterocycles. The molecule has 4 nitrogen and oxygen atoms in total. The average Bonchev–Trinajstić information content (AvgIpc) is 2.58. The lowest BCUT2D eigenvalue weighted by Gasteiger charge is -2.22. The van der Waals surface area contributed by atoms with E-state index >= 15 is 0 Å². The highest BCUT2D eigenvalue weighted by atomic mass is 19.1. The average molecular weight is 322 g/mol. The molecule has 5 heteroatoms. The third-order valence-electron chi connectivity index (χ3n) is 3.58. The Bertz CT molecular complexity index is 803. The first-order valence-electron chi connectivity index (χ1n) is 7.86. The highest BCUT2D eigenvalue weighted by molar-refractivity contribution is 5.61. The lowest BCUT2D eigenvalue weighted by atomic mass is 10.3. The summed E-state index contributed by atoms with van der Waals surface area (Å²) in [5.74, 6) is 1.05. The van der Waals surface area contributed by atoms with Crippen LogP contribution in [0.2, 0.25) is 0 Å². The molecule has 0 spiro atoms. The molecule has 0 unspecified atom stereocenters. The number of hydrogen-bond donors (Lipinski definition) is 1. The number of nitrogens with one attached hydrogen (secondary N) is 1. The number of aromatic nitrogens is 2. The number of halogens is 1. The minimum Gasteiger partial charge on any atom is -0.340 e. The Labute approximate surface area is 141 Å². The van der Waals surface area contributed by atoms with Gasteiger partial charge in [-0.2, -0.15) is 4.98 Å². The van der Waals surface area contributed by atoms with Crippen molar-refractivity contribution in [3.8, 4) is 0 Å². The van der Waals surface area contributed by atoms with Crippen molar-refractivity contribution >= 4 is 23.1 Å². The molecule has 2 aromatic carbocycles. The normalized spacial score (nSPS) is 10.5. The third kappa shape index (κ3) is 3.68. The number of para-hydroxylation sites is 1. The summed E-state index contributed by atoms with van der Waals surface area (Å²) in [5, 5.41) is 3.20. The molecule has 0 amide bonds. The van der Waals surface area contributed by atoms with Crippen molar-refractivity contribution in [2.45, 2.75) is 13.8 Å². The minimum absolute atomic E-state index is 0.263. The van der Waals surface area contributed by atoms with E-state index in [0.29, 0.717) is 11.8 Å². The number of rotatable bonds is 5. The first kappa shape index (κ1) is 15.9. The van der Waals surface area contributed by atoms with Crippen LogP contribution in [0.15, 0.2) is 60.7 Å². The molecule has 0 fully saturated rings. The number of hydrogen-bond acceptors (Lipinski definition) is 4. The Morgan fingerprint density at radius 2 is 1.71 bits per heavy atom. The zero-order chi connectivity index (χ0) is 16.9. The van der Waals surface area contributed by atoms with E-state index < -0.39 is 0 Å². The monoisotopic (exact) mass is 322 g/mol. The summed E-state index contributed by atoms with van der Waals surface area (Å²) >= 11 is 0. The van der Waals surface area contributed by atoms with Gasteiger partial charge in [0.2, 0.25) is 5.95 Å². The van der Waals surface area contributed by atoms with Gasteiger partial charge in [-0.15, -0.1) is 0 Å². The lowest BCUT2D eigenvalue weighted by Crippen LogP contribution is -2.19. The van der Waals surface area contributed by atoms with Crippen molar-refractivity contribution < 1.29 is 4.39 Å². The van der Waals surface area contributed by atoms with Gasteiger partial charge in [0.05, 0.1) is 0 Å². The van der Waals surface area contributed by atoms with E-state index in [2.05, 4.69) is 22.2 Å². The zero-order valence-electron chi connectivity index (χ0n) is 13.7. The fraction of sp³-hybridized carbons (Fsp3) is 0.158. The molecule has 1 heterocycles. The van der Waals surface area contributed by atoms with E-state index in [1.165, 1.54) is 12.1 Å². The molecule has 0 radical (unpaired) electrons. The Morgan fingerprint density at radius 3 is 2.38 bits per heavy atom. The Balaban J connectivity index is 1.92. The van der Waals surface area contributed by atoms with Gasteiger partial charge in [-0.1, -0.05) is 18.2 Å². The second kappa shape index (κ2) is 7.08. The summed E-state index contributed by atoms with van der Waals surface area (Å²) in [6.07, 6.45) is 0. The van der Waals surface area contributed by atoms with Crippen molar-refractivity contribution in [1.82, 2.24) is 9.97 Å². The molecule has 0 aliphatic rings. The van der Waals surface area contributed by atoms with Gasteiger partial charge >= 0.3 is 0 Å². The van der Waals surface area contributed by atoms with Gasteiger partial charge in [0.15, 0.2) is 0 Å². The van der Waals surface area contributed by atoms with Crippen molar-refractivity contribution in [2.24, 2.45) is 0 Å². The second-order valence-electron chi connectivity index (χ2n) is 5.41. The molecule has 3 rings (SSSR count). The summed E-state index contributed by atoms with van der Waals surface area (Å²) in [7, 11) is 0. The zero-order valence-corrected chi connectivity index (χ0v) is 13.7. The van der Waals surface area contributed by atoms with E-state index in [0.717, 1.165) is 23.6 Å². The van der Waals surface area contributed by atoms with E-state index in [1.807, 2.05) is 48.2 Å². The van der Waals surface area contributed by atoms with Crippen molar-refractivity contribution in [1.29, 1.82) is 0 Å². The van der Waals surface area contributed by atoms with Crippen molar-refractivity contribution in [3.63, 3.8) is 0 Å². The van der Waals surface area contributed by atoms with Crippen LogP contribution in [0.5, 0.6) is 0 Å². The Kier molecular flexibility index (Phi) is 4.70. The van der Waals surface area contributed by atoms with Crippen molar-refractivity contribution in [2.75, 3.05) is 16.8 Å². The summed E-state index contributed by atoms with van der Waals surface area (Å²) in [4.78, 5) is 11.2. The van der Waals surface area contributed by atoms with Crippen molar-refractivity contribution in [3.05, 3.63) is 72.2 Å². The molecule has 1 N–H and O–H groups in total. The predicted molar refractivity (Wildman–Crippen MR) is 95.6 cm³/mol. The molecule has 0 bridgehead atoms. The van der Waals surface area contributed by atoms with E-state index in [-0.39, 0.29) is 5.82 Å². The molecule has 3 aromatic rings. The molecular formula is C19H19FN4. The van der Waals surface area contributed by atoms with Crippen LogP contribution >= 0.6 is 0 Å². The van der Waals surface area contributed by atoms with Gasteiger partial charge in [0, 0.05) is 29.7 Å². The first-order chi connectivity index (χ1) is 11.7. The highest BCUT2D eigenvalue weighted by Gasteiger charge is 2.12. The Hall–Kier alpha value is -2.95. The highest BCUT2D eigenvalue weighted by Crippen LogP contribution is 2.24. The number of nitrogens with zero attached hydrogens (tertiary/aromatic N) is 3. The standard InChI is InChI=1S/C19H19FN4/c1-3-24(17-7-5-4-6-8-17)19-21-14(2)13-18(23-19)22-16-11-9-15(20)10-12-16/h4-13H,3H2,1-2H3,(H,21,22,23). The summed E-state index contributed by atoms with van der Waals surface area (Å²) in [6.45, 7) is 4.75. The fourth-order valence-corrected chi connectivity index (χ4v) is 2.47. The SMILES string of the molecule is CCN(c1ccccc1)c1nc(C)cc(Nc2ccc(F)cc2)n1. The van der Waals surface area contributed by atoms with Crippen LogP contribution in [0.1, 0.15) is 12.6 Å². The second-order valence-corrected chi connectivity index (χ2v) is 5.41. The van der Waals surface area contributed by atoms with Gasteiger partial charge in [-0.25, -0.2) is 9.37 Å². The lowest BCUT2D eigenvalue weighted by molar-refractivity contribution is 0.628. The number of anilines is 4. The van der Waals surface area contributed by atoms with E-state index in [4.69, 9.17) is 0 Å². The smallest absolute Gasteiger partial charge is 0.232 e. The van der Waals surface area contributed by atoms with Gasteiger partial charge in [-0.3, -0.25) is 0 Å². The van der Waals surface area contributed by atoms with E-state index in [9.17, 15) is 4.39 Å². The summed E-state index contributed by atoms with van der Waals surface area (Å²) < 4.78 is 13.0. The molecule has 0 atom stereocenters. The number of aryl methyl sites for hydroxylation is 1. The largest absolute Gasteiger partial charge is 0.340 e. The van der Waals surface area contributed by atoms with Crippen LogP contribution in [-0.4, -0.2) is 16.5 Å². The van der Waals surface area contributed by atoms with Gasteiger partial charge < -0.3 is 10.2 Å². The van der Waals surface area contributed by atoms with Crippen LogP contribution in [0.4, 0.5) is 27.5 Å². The van der Waals surface area contributed by atoms with Gasteiger partial charge in [0.25, 0.3) is 0 Å². The maximum absolute atomic E-state index is 13.0. The molecule has 0 saturated heterocycles. The topological polar surface area (TPSA) is 41.1 Å². The maximum Gasteiger partial charge on any atom is 0.232 e. The van der Waals surface area contributed by atoms with E-state index in [1.54, 1.807) is 12.1 Å². The van der Waals surface area contributed by atoms with Gasteiger partial charge in [-0.05, 0) is 50.2 Å². The third-order valence-corrected chi connectivity index (χ3v) is 3.58.